The highest BCUT2D eigenvalue weighted by Gasteiger charge is 2.53. The Morgan fingerprint density at radius 2 is 1.68 bits per heavy atom. The van der Waals surface area contributed by atoms with Crippen LogP contribution < -0.4 is 15.1 Å². The van der Waals surface area contributed by atoms with Crippen LogP contribution in [0.4, 0.5) is 11.4 Å². The largest absolute Gasteiger partial charge is 0.545 e. The predicted octanol–water partition coefficient (Wildman–Crippen LogP) is 0.245. The standard InChI is InChI=1S/C22H20N2O7/c1-3-31-21(30)22(2)12-17(23-15-8-4-6-13(10-15)19(26)27)18(25)24(22)16-9-5-7-14(11-16)20(28)29/h4-11H,3,12H2,1-2H3,(H,26,27)(H,28,29)/p-2. The minimum atomic E-state index is -1.48. The summed E-state index contributed by atoms with van der Waals surface area (Å²) in [6.07, 6.45) is -0.129. The van der Waals surface area contributed by atoms with Crippen molar-refractivity contribution in [3.05, 3.63) is 59.7 Å². The van der Waals surface area contributed by atoms with Crippen LogP contribution in [-0.4, -0.2) is 41.7 Å². The molecule has 1 aliphatic heterocycles. The molecule has 0 aromatic heterocycles. The van der Waals surface area contributed by atoms with E-state index in [1.165, 1.54) is 55.5 Å². The van der Waals surface area contributed by atoms with Gasteiger partial charge < -0.3 is 24.5 Å². The van der Waals surface area contributed by atoms with Crippen molar-refractivity contribution in [2.75, 3.05) is 11.5 Å². The van der Waals surface area contributed by atoms with Crippen LogP contribution in [-0.2, 0) is 14.3 Å². The maximum absolute atomic E-state index is 13.2. The lowest BCUT2D eigenvalue weighted by molar-refractivity contribution is -0.256. The van der Waals surface area contributed by atoms with Gasteiger partial charge in [0.2, 0.25) is 0 Å². The number of anilines is 1. The second-order valence-electron chi connectivity index (χ2n) is 7.05. The highest BCUT2D eigenvalue weighted by molar-refractivity contribution is 6.48. The van der Waals surface area contributed by atoms with E-state index >= 15 is 0 Å². The highest BCUT2D eigenvalue weighted by Crippen LogP contribution is 2.36. The van der Waals surface area contributed by atoms with Crippen LogP contribution in [0.5, 0.6) is 0 Å². The molecular weight excluding hydrogens is 404 g/mol. The van der Waals surface area contributed by atoms with Gasteiger partial charge in [0.25, 0.3) is 5.91 Å². The van der Waals surface area contributed by atoms with Gasteiger partial charge in [0.15, 0.2) is 0 Å². The van der Waals surface area contributed by atoms with E-state index in [-0.39, 0.29) is 41.2 Å². The number of benzene rings is 2. The van der Waals surface area contributed by atoms with Crippen molar-refractivity contribution >= 4 is 40.9 Å². The molecule has 1 fully saturated rings. The van der Waals surface area contributed by atoms with Gasteiger partial charge in [0, 0.05) is 12.1 Å². The minimum Gasteiger partial charge on any atom is -0.545 e. The number of amides is 1. The first-order chi connectivity index (χ1) is 14.7. The average molecular weight is 422 g/mol. The number of aliphatic imine (C=N–C) groups is 1. The highest BCUT2D eigenvalue weighted by atomic mass is 16.5. The lowest BCUT2D eigenvalue weighted by Crippen LogP contribution is -2.51. The monoisotopic (exact) mass is 422 g/mol. The van der Waals surface area contributed by atoms with Crippen LogP contribution in [0.15, 0.2) is 53.5 Å². The molecule has 2 aromatic carbocycles. The van der Waals surface area contributed by atoms with E-state index in [1.54, 1.807) is 6.92 Å². The van der Waals surface area contributed by atoms with E-state index < -0.39 is 29.4 Å². The summed E-state index contributed by atoms with van der Waals surface area (Å²) in [6, 6.07) is 11.0. The van der Waals surface area contributed by atoms with Crippen LogP contribution in [0.25, 0.3) is 0 Å². The van der Waals surface area contributed by atoms with Gasteiger partial charge in [-0.15, -0.1) is 0 Å². The molecule has 1 unspecified atom stereocenters. The van der Waals surface area contributed by atoms with E-state index in [1.807, 2.05) is 0 Å². The third-order valence-electron chi connectivity index (χ3n) is 4.86. The normalized spacial score (nSPS) is 19.5. The van der Waals surface area contributed by atoms with Crippen molar-refractivity contribution in [3.63, 3.8) is 0 Å². The lowest BCUT2D eigenvalue weighted by Gasteiger charge is -2.32. The number of hydrogen-bond donors (Lipinski definition) is 0. The summed E-state index contributed by atoms with van der Waals surface area (Å²) in [4.78, 5) is 53.7. The molecule has 1 saturated heterocycles. The summed E-state index contributed by atoms with van der Waals surface area (Å²) in [5.74, 6) is -4.14. The number of carbonyl (C=O) groups excluding carboxylic acids is 4. The quantitative estimate of drug-likeness (QED) is 0.608. The fourth-order valence-electron chi connectivity index (χ4n) is 3.40. The van der Waals surface area contributed by atoms with Gasteiger partial charge in [-0.05, 0) is 49.2 Å². The molecule has 160 valence electrons. The van der Waals surface area contributed by atoms with Crippen molar-refractivity contribution in [1.82, 2.24) is 0 Å². The molecule has 0 spiro atoms. The van der Waals surface area contributed by atoms with Gasteiger partial charge in [0.05, 0.1) is 24.2 Å². The zero-order chi connectivity index (χ0) is 22.8. The van der Waals surface area contributed by atoms with Crippen LogP contribution >= 0.6 is 0 Å². The molecule has 0 bridgehead atoms. The summed E-state index contributed by atoms with van der Waals surface area (Å²) < 4.78 is 5.15. The molecule has 1 aliphatic rings. The van der Waals surface area contributed by atoms with Gasteiger partial charge in [0.1, 0.15) is 11.3 Å². The molecule has 0 saturated carbocycles. The minimum absolute atomic E-state index is 0.00935. The average Bonchev–Trinajstić information content (AvgIpc) is 2.99. The molecule has 9 heteroatoms. The Bertz CT molecular complexity index is 1110. The Kier molecular flexibility index (Phi) is 5.87. The SMILES string of the molecule is CCOC(=O)C1(C)CC(=Nc2cccc(C(=O)[O-])c2)C(=O)N1c1cccc(C(=O)[O-])c1. The smallest absolute Gasteiger partial charge is 0.332 e. The molecular formula is C22H18N2O7-2. The van der Waals surface area contributed by atoms with E-state index in [0.717, 1.165) is 4.90 Å². The molecule has 2 aromatic rings. The zero-order valence-corrected chi connectivity index (χ0v) is 16.8. The Morgan fingerprint density at radius 1 is 1.06 bits per heavy atom. The fourth-order valence-corrected chi connectivity index (χ4v) is 3.40. The summed E-state index contributed by atoms with van der Waals surface area (Å²) in [6.45, 7) is 3.20. The number of ether oxygens (including phenoxy) is 1. The van der Waals surface area contributed by atoms with E-state index in [9.17, 15) is 29.4 Å². The molecule has 31 heavy (non-hydrogen) atoms. The van der Waals surface area contributed by atoms with Gasteiger partial charge in [-0.25, -0.2) is 9.79 Å². The first kappa shape index (κ1) is 21.7. The fraction of sp³-hybridized carbons (Fsp3) is 0.227. The van der Waals surface area contributed by atoms with Gasteiger partial charge >= 0.3 is 5.97 Å². The zero-order valence-electron chi connectivity index (χ0n) is 16.8. The molecule has 1 amide bonds. The second-order valence-corrected chi connectivity index (χ2v) is 7.05. The number of nitrogens with zero attached hydrogens (tertiary/aromatic N) is 2. The Balaban J connectivity index is 2.10. The van der Waals surface area contributed by atoms with E-state index in [4.69, 9.17) is 4.74 Å². The molecule has 0 radical (unpaired) electrons. The van der Waals surface area contributed by atoms with Gasteiger partial charge in [-0.3, -0.25) is 9.69 Å². The van der Waals surface area contributed by atoms with Crippen LogP contribution in [0.3, 0.4) is 0 Å². The third kappa shape index (κ3) is 4.16. The molecule has 0 aliphatic carbocycles. The van der Waals surface area contributed by atoms with Crippen LogP contribution in [0.2, 0.25) is 0 Å². The summed E-state index contributed by atoms with van der Waals surface area (Å²) >= 11 is 0. The van der Waals surface area contributed by atoms with Gasteiger partial charge in [-0.1, -0.05) is 24.3 Å². The first-order valence-corrected chi connectivity index (χ1v) is 9.39. The predicted molar refractivity (Wildman–Crippen MR) is 106 cm³/mol. The third-order valence-corrected chi connectivity index (χ3v) is 4.86. The molecule has 1 heterocycles. The van der Waals surface area contributed by atoms with Crippen molar-refractivity contribution in [2.45, 2.75) is 25.8 Å². The van der Waals surface area contributed by atoms with Crippen molar-refractivity contribution in [3.8, 4) is 0 Å². The number of carbonyl (C=O) groups is 4. The lowest BCUT2D eigenvalue weighted by atomic mass is 9.97. The van der Waals surface area contributed by atoms with Crippen molar-refractivity contribution in [2.24, 2.45) is 4.99 Å². The summed E-state index contributed by atoms with van der Waals surface area (Å²) in [7, 11) is 0. The number of carboxylic acid groups (broad SMARTS) is 2. The Morgan fingerprint density at radius 3 is 2.29 bits per heavy atom. The summed E-state index contributed by atoms with van der Waals surface area (Å²) in [5.41, 5.74) is -1.41. The number of rotatable bonds is 6. The van der Waals surface area contributed by atoms with Gasteiger partial charge in [-0.2, -0.15) is 0 Å². The number of carboxylic acids is 2. The number of aromatic carboxylic acids is 2. The molecule has 3 rings (SSSR count). The Labute approximate surface area is 177 Å². The van der Waals surface area contributed by atoms with Crippen LogP contribution in [0.1, 0.15) is 41.0 Å². The molecule has 1 atom stereocenters. The maximum Gasteiger partial charge on any atom is 0.332 e. The Hall–Kier alpha value is -4.01. The van der Waals surface area contributed by atoms with Crippen molar-refractivity contribution < 1.29 is 34.1 Å². The maximum atomic E-state index is 13.2. The molecule has 0 N–H and O–H groups in total. The topological polar surface area (TPSA) is 139 Å². The first-order valence-electron chi connectivity index (χ1n) is 9.39. The summed E-state index contributed by atoms with van der Waals surface area (Å²) in [5, 5.41) is 22.4. The second kappa shape index (κ2) is 8.39. The van der Waals surface area contributed by atoms with Crippen LogP contribution in [0, 0.1) is 0 Å². The number of hydrogen-bond acceptors (Lipinski definition) is 8. The molecule has 9 nitrogen and oxygen atoms in total. The van der Waals surface area contributed by atoms with E-state index in [2.05, 4.69) is 4.99 Å². The van der Waals surface area contributed by atoms with Crippen molar-refractivity contribution in [1.29, 1.82) is 0 Å². The number of esters is 1. The van der Waals surface area contributed by atoms with E-state index in [0.29, 0.717) is 0 Å².